The summed E-state index contributed by atoms with van der Waals surface area (Å²) in [5.74, 6) is 1.09. The summed E-state index contributed by atoms with van der Waals surface area (Å²) in [5.41, 5.74) is 1.40. The molecule has 1 aromatic rings. The van der Waals surface area contributed by atoms with Crippen LogP contribution in [0.3, 0.4) is 0 Å². The normalized spacial score (nSPS) is 16.4. The van der Waals surface area contributed by atoms with Crippen LogP contribution in [0.2, 0.25) is 0 Å². The maximum atomic E-state index is 11.7. The Morgan fingerprint density at radius 3 is 2.50 bits per heavy atom. The van der Waals surface area contributed by atoms with Gasteiger partial charge < -0.3 is 15.7 Å². The van der Waals surface area contributed by atoms with Crippen LogP contribution in [-0.2, 0) is 4.79 Å². The molecule has 0 aliphatic carbocycles. The Hall–Kier alpha value is -1.73. The molecule has 1 atom stereocenters. The number of nitrogens with zero attached hydrogens (tertiary/aromatic N) is 1. The number of hydrogen-bond acceptors (Lipinski definition) is 4. The number of unbranched alkanes of at least 4 members (excludes halogenated alkanes) is 1. The molecule has 0 saturated carbocycles. The maximum absolute atomic E-state index is 11.7. The van der Waals surface area contributed by atoms with Gasteiger partial charge in [0.2, 0.25) is 0 Å². The molecule has 1 heterocycles. The molecule has 1 aromatic carbocycles. The maximum Gasteiger partial charge on any atom is 0.325 e. The third-order valence-corrected chi connectivity index (χ3v) is 4.89. The summed E-state index contributed by atoms with van der Waals surface area (Å²) in [6.45, 7) is 4.27. The zero-order chi connectivity index (χ0) is 17.4. The van der Waals surface area contributed by atoms with E-state index in [9.17, 15) is 14.7 Å². The second-order valence-corrected chi connectivity index (χ2v) is 6.97. The first-order chi connectivity index (χ1) is 11.6. The van der Waals surface area contributed by atoms with Crippen molar-refractivity contribution >= 4 is 29.4 Å². The molecule has 0 aromatic heterocycles. The first kappa shape index (κ1) is 18.6. The van der Waals surface area contributed by atoms with E-state index in [1.165, 1.54) is 0 Å². The Labute approximate surface area is 147 Å². The smallest absolute Gasteiger partial charge is 0.325 e. The first-order valence-corrected chi connectivity index (χ1v) is 9.46. The van der Waals surface area contributed by atoms with Gasteiger partial charge in [-0.15, -0.1) is 0 Å². The van der Waals surface area contributed by atoms with Crippen LogP contribution in [0.5, 0.6) is 0 Å². The van der Waals surface area contributed by atoms with Gasteiger partial charge in [-0.3, -0.25) is 9.69 Å². The number of anilines is 1. The second-order valence-electron chi connectivity index (χ2n) is 5.75. The minimum Gasteiger partial charge on any atom is -0.480 e. The molecule has 6 nitrogen and oxygen atoms in total. The summed E-state index contributed by atoms with van der Waals surface area (Å²) in [4.78, 5) is 25.4. The van der Waals surface area contributed by atoms with Crippen molar-refractivity contribution in [2.75, 3.05) is 36.5 Å². The molecule has 2 rings (SSSR count). The monoisotopic (exact) mass is 351 g/mol. The third-order valence-electron chi connectivity index (χ3n) is 3.94. The van der Waals surface area contributed by atoms with E-state index in [2.05, 4.69) is 17.6 Å². The molecular formula is C17H25N3O3S. The summed E-state index contributed by atoms with van der Waals surface area (Å²) in [5, 5.41) is 15.1. The van der Waals surface area contributed by atoms with Gasteiger partial charge >= 0.3 is 12.0 Å². The highest BCUT2D eigenvalue weighted by atomic mass is 32.2. The summed E-state index contributed by atoms with van der Waals surface area (Å²) >= 11 is 1.85. The minimum absolute atomic E-state index is 0.237. The lowest BCUT2D eigenvalue weighted by Gasteiger charge is -2.32. The fourth-order valence-corrected chi connectivity index (χ4v) is 3.58. The number of amides is 2. The molecule has 1 fully saturated rings. The Morgan fingerprint density at radius 2 is 1.92 bits per heavy atom. The van der Waals surface area contributed by atoms with Crippen LogP contribution in [0.15, 0.2) is 24.3 Å². The SMILES string of the molecule is CCCCNC(=O)Nc1ccc([C@@H](C(=O)O)N2CCSCC2)cc1. The van der Waals surface area contributed by atoms with Gasteiger partial charge in [0.05, 0.1) is 0 Å². The number of aliphatic carboxylic acids is 1. The first-order valence-electron chi connectivity index (χ1n) is 8.31. The fraction of sp³-hybridized carbons (Fsp3) is 0.529. The van der Waals surface area contributed by atoms with Gasteiger partial charge in [0.1, 0.15) is 6.04 Å². The van der Waals surface area contributed by atoms with Gasteiger partial charge in [0.15, 0.2) is 0 Å². The van der Waals surface area contributed by atoms with Crippen LogP contribution < -0.4 is 10.6 Å². The fourth-order valence-electron chi connectivity index (χ4n) is 2.65. The van der Waals surface area contributed by atoms with Crippen molar-refractivity contribution < 1.29 is 14.7 Å². The highest BCUT2D eigenvalue weighted by molar-refractivity contribution is 7.99. The van der Waals surface area contributed by atoms with Crippen LogP contribution in [-0.4, -0.2) is 53.1 Å². The molecule has 1 saturated heterocycles. The van der Waals surface area contributed by atoms with E-state index in [1.54, 1.807) is 24.3 Å². The van der Waals surface area contributed by atoms with Crippen LogP contribution in [0.25, 0.3) is 0 Å². The standard InChI is InChI=1S/C17H25N3O3S/c1-2-3-8-18-17(23)19-14-6-4-13(5-7-14)15(16(21)22)20-9-11-24-12-10-20/h4-7,15H,2-3,8-12H2,1H3,(H,21,22)(H2,18,19,23)/t15-/m0/s1. The van der Waals surface area contributed by atoms with Crippen LogP contribution in [0.4, 0.5) is 10.5 Å². The van der Waals surface area contributed by atoms with Crippen LogP contribution >= 0.6 is 11.8 Å². The molecule has 0 radical (unpaired) electrons. The number of carbonyl (C=O) groups is 2. The summed E-state index contributed by atoms with van der Waals surface area (Å²) in [6.07, 6.45) is 1.97. The number of carbonyl (C=O) groups excluding carboxylic acids is 1. The van der Waals surface area contributed by atoms with E-state index in [4.69, 9.17) is 0 Å². The number of nitrogens with one attached hydrogen (secondary N) is 2. The van der Waals surface area contributed by atoms with Gasteiger partial charge in [0, 0.05) is 36.8 Å². The molecule has 0 bridgehead atoms. The van der Waals surface area contributed by atoms with E-state index in [0.29, 0.717) is 12.2 Å². The molecule has 0 unspecified atom stereocenters. The van der Waals surface area contributed by atoms with Crippen molar-refractivity contribution in [2.24, 2.45) is 0 Å². The average molecular weight is 351 g/mol. The van der Waals surface area contributed by atoms with Crippen molar-refractivity contribution in [3.8, 4) is 0 Å². The van der Waals surface area contributed by atoms with E-state index >= 15 is 0 Å². The average Bonchev–Trinajstić information content (AvgIpc) is 2.57. The van der Waals surface area contributed by atoms with Crippen molar-refractivity contribution in [1.29, 1.82) is 0 Å². The second kappa shape index (κ2) is 9.54. The predicted molar refractivity (Wildman–Crippen MR) is 97.6 cm³/mol. The lowest BCUT2D eigenvalue weighted by atomic mass is 10.0. The summed E-state index contributed by atoms with van der Waals surface area (Å²) in [7, 11) is 0. The zero-order valence-electron chi connectivity index (χ0n) is 14.0. The van der Waals surface area contributed by atoms with Crippen LogP contribution in [0, 0.1) is 0 Å². The van der Waals surface area contributed by atoms with Gasteiger partial charge in [0.25, 0.3) is 0 Å². The predicted octanol–water partition coefficient (Wildman–Crippen LogP) is 2.78. The Balaban J connectivity index is 1.98. The molecule has 0 spiro atoms. The lowest BCUT2D eigenvalue weighted by molar-refractivity contribution is -0.143. The Morgan fingerprint density at radius 1 is 1.25 bits per heavy atom. The van der Waals surface area contributed by atoms with E-state index in [-0.39, 0.29) is 6.03 Å². The van der Waals surface area contributed by atoms with Gasteiger partial charge in [-0.1, -0.05) is 25.5 Å². The van der Waals surface area contributed by atoms with Crippen molar-refractivity contribution in [3.63, 3.8) is 0 Å². The van der Waals surface area contributed by atoms with Crippen molar-refractivity contribution in [3.05, 3.63) is 29.8 Å². The molecule has 1 aliphatic heterocycles. The minimum atomic E-state index is -0.833. The quantitative estimate of drug-likeness (QED) is 0.658. The van der Waals surface area contributed by atoms with Crippen molar-refractivity contribution in [2.45, 2.75) is 25.8 Å². The summed E-state index contributed by atoms with van der Waals surface area (Å²) in [6, 6.07) is 6.20. The largest absolute Gasteiger partial charge is 0.480 e. The molecular weight excluding hydrogens is 326 g/mol. The molecule has 132 valence electrons. The number of benzene rings is 1. The molecule has 2 amide bonds. The number of carboxylic acids is 1. The zero-order valence-corrected chi connectivity index (χ0v) is 14.8. The Bertz CT molecular complexity index is 545. The number of hydrogen-bond donors (Lipinski definition) is 3. The number of rotatable bonds is 7. The van der Waals surface area contributed by atoms with E-state index in [0.717, 1.165) is 43.0 Å². The van der Waals surface area contributed by atoms with E-state index in [1.807, 2.05) is 16.7 Å². The highest BCUT2D eigenvalue weighted by Gasteiger charge is 2.28. The topological polar surface area (TPSA) is 81.7 Å². The Kier molecular flexibility index (Phi) is 7.39. The van der Waals surface area contributed by atoms with E-state index < -0.39 is 12.0 Å². The molecule has 7 heteroatoms. The number of carboxylic acid groups (broad SMARTS) is 1. The van der Waals surface area contributed by atoms with Gasteiger partial charge in [-0.2, -0.15) is 11.8 Å². The molecule has 1 aliphatic rings. The molecule has 3 N–H and O–H groups in total. The highest BCUT2D eigenvalue weighted by Crippen LogP contribution is 2.25. The van der Waals surface area contributed by atoms with Gasteiger partial charge in [-0.05, 0) is 24.1 Å². The third kappa shape index (κ3) is 5.42. The van der Waals surface area contributed by atoms with Gasteiger partial charge in [-0.25, -0.2) is 4.79 Å². The number of thioether (sulfide) groups is 1. The molecule has 24 heavy (non-hydrogen) atoms. The van der Waals surface area contributed by atoms with Crippen LogP contribution in [0.1, 0.15) is 31.4 Å². The van der Waals surface area contributed by atoms with Crippen molar-refractivity contribution in [1.82, 2.24) is 10.2 Å². The summed E-state index contributed by atoms with van der Waals surface area (Å²) < 4.78 is 0. The lowest BCUT2D eigenvalue weighted by Crippen LogP contribution is -2.39. The number of urea groups is 1.